The summed E-state index contributed by atoms with van der Waals surface area (Å²) in [6, 6.07) is -2.10. The molecule has 2 amide bonds. The fourth-order valence-corrected chi connectivity index (χ4v) is 2.01. The molecule has 0 saturated carbocycles. The topological polar surface area (TPSA) is 78.9 Å². The number of aliphatic carboxylic acids is 1. The van der Waals surface area contributed by atoms with E-state index in [9.17, 15) is 22.8 Å². The second kappa shape index (κ2) is 6.78. The van der Waals surface area contributed by atoms with Gasteiger partial charge in [0.1, 0.15) is 0 Å². The van der Waals surface area contributed by atoms with Crippen molar-refractivity contribution < 1.29 is 32.6 Å². The molecule has 0 aromatic heterocycles. The van der Waals surface area contributed by atoms with Crippen molar-refractivity contribution in [3.63, 3.8) is 0 Å². The number of carbonyl (C=O) groups excluding carboxylic acids is 1. The van der Waals surface area contributed by atoms with E-state index in [1.54, 1.807) is 0 Å². The SMILES string of the molecule is COCC(NC(=O)N1CCCC(C(F)(F)F)C1)C(=O)O. The number of carboxylic acid groups (broad SMARTS) is 1. The molecule has 9 heteroatoms. The Kier molecular flexibility index (Phi) is 5.61. The summed E-state index contributed by atoms with van der Waals surface area (Å²) >= 11 is 0. The van der Waals surface area contributed by atoms with Gasteiger partial charge in [0.25, 0.3) is 0 Å². The number of piperidine rings is 1. The van der Waals surface area contributed by atoms with E-state index in [4.69, 9.17) is 5.11 Å². The van der Waals surface area contributed by atoms with Gasteiger partial charge in [-0.2, -0.15) is 13.2 Å². The van der Waals surface area contributed by atoms with Gasteiger partial charge in [-0.3, -0.25) is 0 Å². The highest BCUT2D eigenvalue weighted by Gasteiger charge is 2.43. The molecule has 6 nitrogen and oxygen atoms in total. The van der Waals surface area contributed by atoms with E-state index in [1.165, 1.54) is 7.11 Å². The highest BCUT2D eigenvalue weighted by Crippen LogP contribution is 2.33. The monoisotopic (exact) mass is 298 g/mol. The molecule has 1 heterocycles. The number of nitrogens with one attached hydrogen (secondary N) is 1. The number of hydrogen-bond donors (Lipinski definition) is 2. The number of alkyl halides is 3. The third-order valence-corrected chi connectivity index (χ3v) is 3.10. The van der Waals surface area contributed by atoms with Gasteiger partial charge >= 0.3 is 18.2 Å². The van der Waals surface area contributed by atoms with Crippen LogP contribution in [0.2, 0.25) is 0 Å². The van der Waals surface area contributed by atoms with Crippen molar-refractivity contribution in [2.75, 3.05) is 26.8 Å². The van der Waals surface area contributed by atoms with Crippen molar-refractivity contribution in [1.82, 2.24) is 10.2 Å². The average Bonchev–Trinajstić information content (AvgIpc) is 2.37. The molecular formula is C11H17F3N2O4. The summed E-state index contributed by atoms with van der Waals surface area (Å²) in [4.78, 5) is 23.6. The molecule has 1 aliphatic rings. The summed E-state index contributed by atoms with van der Waals surface area (Å²) in [5.41, 5.74) is 0. The van der Waals surface area contributed by atoms with E-state index < -0.39 is 36.7 Å². The predicted molar refractivity (Wildman–Crippen MR) is 62.2 cm³/mol. The number of methoxy groups -OCH3 is 1. The van der Waals surface area contributed by atoms with E-state index in [0.29, 0.717) is 0 Å². The number of ether oxygens (including phenoxy) is 1. The van der Waals surface area contributed by atoms with Crippen LogP contribution in [-0.4, -0.2) is 61.0 Å². The van der Waals surface area contributed by atoms with Crippen LogP contribution >= 0.6 is 0 Å². The third kappa shape index (κ3) is 4.55. The molecule has 0 spiro atoms. The molecule has 0 aromatic carbocycles. The molecule has 1 aliphatic heterocycles. The van der Waals surface area contributed by atoms with Gasteiger partial charge in [0.05, 0.1) is 12.5 Å². The number of carboxylic acids is 1. The van der Waals surface area contributed by atoms with E-state index in [2.05, 4.69) is 10.1 Å². The molecule has 1 fully saturated rings. The lowest BCUT2D eigenvalue weighted by molar-refractivity contribution is -0.184. The number of urea groups is 1. The lowest BCUT2D eigenvalue weighted by Crippen LogP contribution is -2.53. The van der Waals surface area contributed by atoms with Gasteiger partial charge in [-0.05, 0) is 12.8 Å². The fourth-order valence-electron chi connectivity index (χ4n) is 2.01. The first-order valence-electron chi connectivity index (χ1n) is 6.09. The minimum absolute atomic E-state index is 0.0201. The van der Waals surface area contributed by atoms with Crippen molar-refractivity contribution in [3.8, 4) is 0 Å². The second-order valence-corrected chi connectivity index (χ2v) is 4.62. The molecule has 2 atom stereocenters. The fraction of sp³-hybridized carbons (Fsp3) is 0.818. The average molecular weight is 298 g/mol. The van der Waals surface area contributed by atoms with Crippen molar-refractivity contribution in [1.29, 1.82) is 0 Å². The van der Waals surface area contributed by atoms with Crippen molar-refractivity contribution in [2.45, 2.75) is 25.1 Å². The first-order chi connectivity index (χ1) is 9.25. The largest absolute Gasteiger partial charge is 0.480 e. The standard InChI is InChI=1S/C11H17F3N2O4/c1-20-6-8(9(17)18)15-10(19)16-4-2-3-7(5-16)11(12,13)14/h7-8H,2-6H2,1H3,(H,15,19)(H,17,18). The number of halogens is 3. The molecule has 20 heavy (non-hydrogen) atoms. The molecule has 116 valence electrons. The van der Waals surface area contributed by atoms with Crippen molar-refractivity contribution >= 4 is 12.0 Å². The van der Waals surface area contributed by atoms with Crippen LogP contribution in [0.4, 0.5) is 18.0 Å². The van der Waals surface area contributed by atoms with Crippen LogP contribution in [0.25, 0.3) is 0 Å². The zero-order valence-electron chi connectivity index (χ0n) is 10.9. The summed E-state index contributed by atoms with van der Waals surface area (Å²) in [5.74, 6) is -2.86. The minimum Gasteiger partial charge on any atom is -0.480 e. The summed E-state index contributed by atoms with van der Waals surface area (Å²) in [7, 11) is 1.27. The maximum absolute atomic E-state index is 12.6. The summed E-state index contributed by atoms with van der Waals surface area (Å²) in [6.07, 6.45) is -4.13. The van der Waals surface area contributed by atoms with Crippen LogP contribution in [0.1, 0.15) is 12.8 Å². The van der Waals surface area contributed by atoms with Gasteiger partial charge in [-0.15, -0.1) is 0 Å². The Balaban J connectivity index is 2.60. The highest BCUT2D eigenvalue weighted by atomic mass is 19.4. The highest BCUT2D eigenvalue weighted by molar-refractivity contribution is 5.82. The molecule has 0 aliphatic carbocycles. The van der Waals surface area contributed by atoms with Crippen LogP contribution in [0.5, 0.6) is 0 Å². The maximum Gasteiger partial charge on any atom is 0.393 e. The Bertz CT molecular complexity index is 362. The Morgan fingerprint density at radius 2 is 2.15 bits per heavy atom. The Morgan fingerprint density at radius 3 is 2.65 bits per heavy atom. The van der Waals surface area contributed by atoms with Gasteiger partial charge in [-0.1, -0.05) is 0 Å². The zero-order chi connectivity index (χ0) is 15.3. The number of carbonyl (C=O) groups is 2. The van der Waals surface area contributed by atoms with Gasteiger partial charge in [0.15, 0.2) is 6.04 Å². The van der Waals surface area contributed by atoms with E-state index in [0.717, 1.165) is 4.90 Å². The van der Waals surface area contributed by atoms with Crippen LogP contribution in [0, 0.1) is 5.92 Å². The quantitative estimate of drug-likeness (QED) is 0.813. The number of rotatable bonds is 4. The maximum atomic E-state index is 12.6. The second-order valence-electron chi connectivity index (χ2n) is 4.62. The lowest BCUT2D eigenvalue weighted by atomic mass is 9.98. The van der Waals surface area contributed by atoms with Crippen molar-refractivity contribution in [2.24, 2.45) is 5.92 Å². The Morgan fingerprint density at radius 1 is 1.50 bits per heavy atom. The van der Waals surface area contributed by atoms with Gasteiger partial charge in [0.2, 0.25) is 0 Å². The van der Waals surface area contributed by atoms with E-state index in [-0.39, 0.29) is 26.0 Å². The molecule has 2 unspecified atom stereocenters. The first-order valence-corrected chi connectivity index (χ1v) is 6.09. The minimum atomic E-state index is -4.35. The smallest absolute Gasteiger partial charge is 0.393 e. The van der Waals surface area contributed by atoms with Crippen LogP contribution in [0.15, 0.2) is 0 Å². The summed E-state index contributed by atoms with van der Waals surface area (Å²) in [5, 5.41) is 11.0. The molecule has 0 aromatic rings. The molecule has 0 bridgehead atoms. The number of likely N-dealkylation sites (tertiary alicyclic amines) is 1. The Labute approximate surface area is 113 Å². The molecule has 0 radical (unpaired) electrons. The normalized spacial score (nSPS) is 21.4. The lowest BCUT2D eigenvalue weighted by Gasteiger charge is -2.34. The van der Waals surface area contributed by atoms with Crippen LogP contribution in [-0.2, 0) is 9.53 Å². The third-order valence-electron chi connectivity index (χ3n) is 3.10. The van der Waals surface area contributed by atoms with E-state index >= 15 is 0 Å². The van der Waals surface area contributed by atoms with Crippen LogP contribution < -0.4 is 5.32 Å². The van der Waals surface area contributed by atoms with Gasteiger partial charge < -0.3 is 20.1 Å². The predicted octanol–water partition coefficient (Wildman–Crippen LogP) is 1.07. The Hall–Kier alpha value is -1.51. The molecule has 1 rings (SSSR count). The first kappa shape index (κ1) is 16.5. The number of amides is 2. The summed E-state index contributed by atoms with van der Waals surface area (Å²) in [6.45, 7) is -0.524. The molecular weight excluding hydrogens is 281 g/mol. The van der Waals surface area contributed by atoms with Gasteiger partial charge in [-0.25, -0.2) is 9.59 Å². The zero-order valence-corrected chi connectivity index (χ0v) is 10.9. The molecule has 2 N–H and O–H groups in total. The van der Waals surface area contributed by atoms with Gasteiger partial charge in [0, 0.05) is 20.2 Å². The van der Waals surface area contributed by atoms with Crippen LogP contribution in [0.3, 0.4) is 0 Å². The van der Waals surface area contributed by atoms with Crippen molar-refractivity contribution in [3.05, 3.63) is 0 Å². The summed E-state index contributed by atoms with van der Waals surface area (Å²) < 4.78 is 42.5. The number of hydrogen-bond acceptors (Lipinski definition) is 3. The van der Waals surface area contributed by atoms with E-state index in [1.807, 2.05) is 0 Å². The molecule has 1 saturated heterocycles. The number of nitrogens with zero attached hydrogens (tertiary/aromatic N) is 1.